The van der Waals surface area contributed by atoms with Crippen LogP contribution in [0.1, 0.15) is 6.92 Å². The van der Waals surface area contributed by atoms with Crippen molar-refractivity contribution >= 4 is 11.9 Å². The predicted octanol–water partition coefficient (Wildman–Crippen LogP) is -0.352. The van der Waals surface area contributed by atoms with E-state index in [1.54, 1.807) is 6.92 Å². The number of carbonyl (C=O) groups excluding carboxylic acids is 1. The average Bonchev–Trinajstić information content (AvgIpc) is 2.03. The van der Waals surface area contributed by atoms with Crippen molar-refractivity contribution < 1.29 is 9.53 Å². The summed E-state index contributed by atoms with van der Waals surface area (Å²) < 4.78 is 4.63. The lowest BCUT2D eigenvalue weighted by Crippen LogP contribution is -2.30. The van der Waals surface area contributed by atoms with E-state index in [0.717, 1.165) is 0 Å². The summed E-state index contributed by atoms with van der Waals surface area (Å²) in [6.07, 6.45) is 0. The zero-order valence-corrected chi connectivity index (χ0v) is 6.42. The third kappa shape index (κ3) is 3.92. The number of nitriles is 1. The molecule has 0 aliphatic heterocycles. The van der Waals surface area contributed by atoms with E-state index in [2.05, 4.69) is 15.0 Å². The van der Waals surface area contributed by atoms with Crippen molar-refractivity contribution in [3.63, 3.8) is 0 Å². The Kier molecular flexibility index (Phi) is 4.49. The molecule has 1 N–H and O–H groups in total. The van der Waals surface area contributed by atoms with Crippen molar-refractivity contribution in [3.8, 4) is 6.07 Å². The molecule has 0 saturated heterocycles. The molecule has 0 aliphatic rings. The van der Waals surface area contributed by atoms with Gasteiger partial charge in [0, 0.05) is 6.54 Å². The van der Waals surface area contributed by atoms with Gasteiger partial charge in [0.15, 0.2) is 6.07 Å². The van der Waals surface area contributed by atoms with Crippen LogP contribution in [-0.2, 0) is 9.53 Å². The molecule has 60 valence electrons. The van der Waals surface area contributed by atoms with Gasteiger partial charge in [-0.3, -0.25) is 10.1 Å². The van der Waals surface area contributed by atoms with Crippen LogP contribution in [0.15, 0.2) is 4.99 Å². The first-order chi connectivity index (χ1) is 5.24. The second kappa shape index (κ2) is 5.23. The van der Waals surface area contributed by atoms with Crippen LogP contribution in [0.25, 0.3) is 0 Å². The van der Waals surface area contributed by atoms with Gasteiger partial charge in [-0.2, -0.15) is 5.26 Å². The van der Waals surface area contributed by atoms with Gasteiger partial charge in [-0.25, -0.2) is 4.99 Å². The fourth-order valence-corrected chi connectivity index (χ4v) is 0.424. The number of ether oxygens (including phenoxy) is 1. The second-order valence-electron chi connectivity index (χ2n) is 1.55. The minimum atomic E-state index is -0.779. The van der Waals surface area contributed by atoms with Crippen LogP contribution >= 0.6 is 0 Å². The van der Waals surface area contributed by atoms with Crippen LogP contribution in [-0.4, -0.2) is 25.6 Å². The number of aliphatic imine (C=N–C) groups is 1. The van der Waals surface area contributed by atoms with Crippen LogP contribution < -0.4 is 5.32 Å². The first kappa shape index (κ1) is 9.43. The maximum atomic E-state index is 10.4. The Morgan fingerprint density at radius 2 is 2.45 bits per heavy atom. The molecule has 0 bridgehead atoms. The van der Waals surface area contributed by atoms with E-state index >= 15 is 0 Å². The van der Waals surface area contributed by atoms with Gasteiger partial charge < -0.3 is 4.74 Å². The van der Waals surface area contributed by atoms with Gasteiger partial charge in [0.2, 0.25) is 0 Å². The molecule has 0 aromatic rings. The molecular formula is C6H9N3O2. The van der Waals surface area contributed by atoms with Gasteiger partial charge >= 0.3 is 5.91 Å². The second-order valence-corrected chi connectivity index (χ2v) is 1.55. The molecule has 5 nitrogen and oxygen atoms in total. The highest BCUT2D eigenvalue weighted by Gasteiger charge is 2.01. The predicted molar refractivity (Wildman–Crippen MR) is 38.7 cm³/mol. The van der Waals surface area contributed by atoms with Crippen LogP contribution in [0.2, 0.25) is 0 Å². The minimum absolute atomic E-state index is 0.0686. The lowest BCUT2D eigenvalue weighted by Gasteiger charge is -2.01. The average molecular weight is 155 g/mol. The fraction of sp³-hybridized carbons (Fsp3) is 0.500. The van der Waals surface area contributed by atoms with E-state index in [0.29, 0.717) is 6.54 Å². The van der Waals surface area contributed by atoms with Gasteiger partial charge in [-0.05, 0) is 6.92 Å². The highest BCUT2D eigenvalue weighted by Crippen LogP contribution is 1.75. The lowest BCUT2D eigenvalue weighted by molar-refractivity contribution is -0.114. The van der Waals surface area contributed by atoms with Crippen LogP contribution in [0.3, 0.4) is 0 Å². The molecule has 0 rings (SSSR count). The highest BCUT2D eigenvalue weighted by molar-refractivity contribution is 6.02. The SMILES string of the molecule is CCN=C(NC(=O)C#N)OC. The number of hydrogen-bond acceptors (Lipinski definition) is 4. The van der Waals surface area contributed by atoms with Crippen molar-refractivity contribution in [1.29, 1.82) is 5.26 Å². The highest BCUT2D eigenvalue weighted by atomic mass is 16.5. The summed E-state index contributed by atoms with van der Waals surface area (Å²) in [5.74, 6) is -0.779. The minimum Gasteiger partial charge on any atom is -0.468 e. The van der Waals surface area contributed by atoms with Crippen LogP contribution in [0.5, 0.6) is 0 Å². The van der Waals surface area contributed by atoms with E-state index in [4.69, 9.17) is 5.26 Å². The third-order valence-electron chi connectivity index (χ3n) is 0.817. The molecular weight excluding hydrogens is 146 g/mol. The van der Waals surface area contributed by atoms with Gasteiger partial charge in [0.25, 0.3) is 6.02 Å². The topological polar surface area (TPSA) is 74.5 Å². The maximum Gasteiger partial charge on any atom is 0.330 e. The van der Waals surface area contributed by atoms with Gasteiger partial charge in [-0.1, -0.05) is 0 Å². The van der Waals surface area contributed by atoms with Crippen LogP contribution in [0.4, 0.5) is 0 Å². The molecule has 0 heterocycles. The standard InChI is InChI=1S/C6H9N3O2/c1-3-8-6(11-2)9-5(10)4-7/h3H2,1-2H3,(H,8,9,10). The monoisotopic (exact) mass is 155 g/mol. The molecule has 0 aromatic heterocycles. The number of nitrogens with zero attached hydrogens (tertiary/aromatic N) is 2. The molecule has 1 amide bonds. The van der Waals surface area contributed by atoms with Gasteiger partial charge in [-0.15, -0.1) is 0 Å². The summed E-state index contributed by atoms with van der Waals surface area (Å²) in [6.45, 7) is 2.28. The van der Waals surface area contributed by atoms with Crippen LogP contribution in [0, 0.1) is 11.3 Å². The number of hydrogen-bond donors (Lipinski definition) is 1. The summed E-state index contributed by atoms with van der Waals surface area (Å²) in [5.41, 5.74) is 0. The molecule has 0 aromatic carbocycles. The molecule has 0 unspecified atom stereocenters. The van der Waals surface area contributed by atoms with Crippen molar-refractivity contribution in [2.24, 2.45) is 4.99 Å². The van der Waals surface area contributed by atoms with Crippen molar-refractivity contribution in [1.82, 2.24) is 5.32 Å². The Morgan fingerprint density at radius 3 is 2.82 bits per heavy atom. The molecule has 0 radical (unpaired) electrons. The quantitative estimate of drug-likeness (QED) is 0.319. The number of carbonyl (C=O) groups is 1. The normalized spacial score (nSPS) is 10.1. The van der Waals surface area contributed by atoms with E-state index in [9.17, 15) is 4.79 Å². The molecule has 11 heavy (non-hydrogen) atoms. The molecule has 5 heteroatoms. The van der Waals surface area contributed by atoms with E-state index in [-0.39, 0.29) is 6.02 Å². The molecule has 0 spiro atoms. The molecule has 0 atom stereocenters. The summed E-state index contributed by atoms with van der Waals surface area (Å²) in [6, 6.07) is 1.45. The number of amidine groups is 1. The Hall–Kier alpha value is -1.57. The number of nitrogens with one attached hydrogen (secondary N) is 1. The summed E-state index contributed by atoms with van der Waals surface area (Å²) in [5, 5.41) is 10.2. The Labute approximate surface area is 64.7 Å². The fourth-order valence-electron chi connectivity index (χ4n) is 0.424. The Bertz CT molecular complexity index is 204. The summed E-state index contributed by atoms with van der Waals surface area (Å²) >= 11 is 0. The largest absolute Gasteiger partial charge is 0.468 e. The number of amides is 1. The lowest BCUT2D eigenvalue weighted by atomic mass is 10.7. The van der Waals surface area contributed by atoms with E-state index < -0.39 is 5.91 Å². The third-order valence-corrected chi connectivity index (χ3v) is 0.817. The van der Waals surface area contributed by atoms with Gasteiger partial charge in [0.1, 0.15) is 0 Å². The van der Waals surface area contributed by atoms with Crippen molar-refractivity contribution in [3.05, 3.63) is 0 Å². The van der Waals surface area contributed by atoms with Gasteiger partial charge in [0.05, 0.1) is 7.11 Å². The summed E-state index contributed by atoms with van der Waals surface area (Å²) in [7, 11) is 1.37. The van der Waals surface area contributed by atoms with Crippen molar-refractivity contribution in [2.45, 2.75) is 6.92 Å². The van der Waals surface area contributed by atoms with E-state index in [1.807, 2.05) is 0 Å². The summed E-state index contributed by atoms with van der Waals surface area (Å²) in [4.78, 5) is 14.2. The molecule has 0 saturated carbocycles. The maximum absolute atomic E-state index is 10.4. The number of rotatable bonds is 1. The number of methoxy groups -OCH3 is 1. The smallest absolute Gasteiger partial charge is 0.330 e. The first-order valence-corrected chi connectivity index (χ1v) is 3.04. The van der Waals surface area contributed by atoms with E-state index in [1.165, 1.54) is 13.2 Å². The molecule has 0 aliphatic carbocycles. The zero-order valence-electron chi connectivity index (χ0n) is 6.42. The zero-order chi connectivity index (χ0) is 8.69. The Morgan fingerprint density at radius 1 is 1.82 bits per heavy atom. The first-order valence-electron chi connectivity index (χ1n) is 3.04. The Balaban J connectivity index is 4.01. The van der Waals surface area contributed by atoms with Crippen molar-refractivity contribution in [2.75, 3.05) is 13.7 Å². The molecule has 0 fully saturated rings.